The molecule has 1 heterocycles. The summed E-state index contributed by atoms with van der Waals surface area (Å²) < 4.78 is 0. The third kappa shape index (κ3) is 5.59. The average molecular weight is 377 g/mol. The fourth-order valence-corrected chi connectivity index (χ4v) is 3.40. The number of amides is 1. The van der Waals surface area contributed by atoms with Gasteiger partial charge in [0.1, 0.15) is 0 Å². The first-order valence-electron chi connectivity index (χ1n) is 7.96. The second-order valence-electron chi connectivity index (χ2n) is 5.77. The molecule has 2 aromatic rings. The van der Waals surface area contributed by atoms with Gasteiger partial charge in [-0.3, -0.25) is 9.59 Å². The van der Waals surface area contributed by atoms with E-state index in [1.807, 2.05) is 18.2 Å². The zero-order valence-electron chi connectivity index (χ0n) is 13.8. The van der Waals surface area contributed by atoms with E-state index in [-0.39, 0.29) is 24.1 Å². The highest BCUT2D eigenvalue weighted by Gasteiger charge is 2.11. The second-order valence-corrected chi connectivity index (χ2v) is 6.75. The molecule has 0 aromatic heterocycles. The fourth-order valence-electron chi connectivity index (χ4n) is 2.65. The molecule has 1 amide bonds. The molecule has 0 aliphatic carbocycles. The van der Waals surface area contributed by atoms with Gasteiger partial charge in [0.25, 0.3) is 0 Å². The number of Topliss-reactive ketones (excluding diaryl/α,β-unsaturated/α-hetero) is 1. The number of ketones is 1. The number of carbonyl (C=O) groups excluding carboxylic acids is 2. The van der Waals surface area contributed by atoms with Crippen LogP contribution in [0, 0.1) is 0 Å². The molecule has 2 aromatic carbocycles. The topological polar surface area (TPSA) is 58.2 Å². The molecule has 1 aliphatic rings. The summed E-state index contributed by atoms with van der Waals surface area (Å²) in [4.78, 5) is 23.9. The van der Waals surface area contributed by atoms with Gasteiger partial charge in [0.05, 0.1) is 11.5 Å². The number of halogens is 1. The summed E-state index contributed by atoms with van der Waals surface area (Å²) in [5.74, 6) is 0.631. The van der Waals surface area contributed by atoms with Crippen molar-refractivity contribution >= 4 is 35.9 Å². The summed E-state index contributed by atoms with van der Waals surface area (Å²) in [5.41, 5.74) is 4.44. The normalized spacial score (nSPS) is 12.2. The molecule has 0 saturated carbocycles. The molecule has 4 nitrogen and oxygen atoms in total. The van der Waals surface area contributed by atoms with E-state index < -0.39 is 0 Å². The summed E-state index contributed by atoms with van der Waals surface area (Å²) in [6.07, 6.45) is 0. The standard InChI is InChI=1S/C19H20N2O2S.ClH/c22-18(15-4-2-1-3-5-15)12-24-13-19(23)21-9-14-6-7-16-10-20-11-17(16)8-14;/h1-8,20H,9-13H2,(H,21,23);1H. The Morgan fingerprint density at radius 1 is 1.00 bits per heavy atom. The molecule has 25 heavy (non-hydrogen) atoms. The molecule has 3 rings (SSSR count). The maximum Gasteiger partial charge on any atom is 0.230 e. The van der Waals surface area contributed by atoms with Gasteiger partial charge in [-0.25, -0.2) is 0 Å². The van der Waals surface area contributed by atoms with Gasteiger partial charge >= 0.3 is 0 Å². The van der Waals surface area contributed by atoms with Crippen LogP contribution < -0.4 is 10.6 Å². The predicted octanol–water partition coefficient (Wildman–Crippen LogP) is 2.94. The summed E-state index contributed by atoms with van der Waals surface area (Å²) in [7, 11) is 0. The van der Waals surface area contributed by atoms with Crippen LogP contribution in [0.1, 0.15) is 27.0 Å². The SMILES string of the molecule is Cl.O=C(CSCC(=O)c1ccccc1)NCc1ccc2c(c1)CNC2. The van der Waals surface area contributed by atoms with Gasteiger partial charge in [0.15, 0.2) is 5.78 Å². The minimum atomic E-state index is -0.0421. The Balaban J connectivity index is 0.00000225. The van der Waals surface area contributed by atoms with Crippen LogP contribution in [-0.2, 0) is 24.4 Å². The minimum absolute atomic E-state index is 0. The van der Waals surface area contributed by atoms with Gasteiger partial charge in [0.2, 0.25) is 5.91 Å². The lowest BCUT2D eigenvalue weighted by Crippen LogP contribution is -2.25. The second kappa shape index (κ2) is 9.61. The van der Waals surface area contributed by atoms with E-state index in [0.717, 1.165) is 18.7 Å². The highest BCUT2D eigenvalue weighted by Crippen LogP contribution is 2.17. The largest absolute Gasteiger partial charge is 0.351 e. The zero-order chi connectivity index (χ0) is 16.8. The van der Waals surface area contributed by atoms with Crippen molar-refractivity contribution in [3.05, 3.63) is 70.8 Å². The van der Waals surface area contributed by atoms with E-state index >= 15 is 0 Å². The molecular formula is C19H21ClN2O2S. The first-order valence-corrected chi connectivity index (χ1v) is 9.12. The molecule has 6 heteroatoms. The minimum Gasteiger partial charge on any atom is -0.351 e. The fraction of sp³-hybridized carbons (Fsp3) is 0.263. The Kier molecular flexibility index (Phi) is 7.50. The molecule has 0 saturated heterocycles. The van der Waals surface area contributed by atoms with E-state index in [4.69, 9.17) is 0 Å². The van der Waals surface area contributed by atoms with Crippen molar-refractivity contribution in [2.75, 3.05) is 11.5 Å². The molecule has 2 N–H and O–H groups in total. The maximum atomic E-state index is 12.0. The Morgan fingerprint density at radius 2 is 1.76 bits per heavy atom. The number of thioether (sulfide) groups is 1. The van der Waals surface area contributed by atoms with Crippen LogP contribution in [0.25, 0.3) is 0 Å². The van der Waals surface area contributed by atoms with Crippen molar-refractivity contribution in [1.29, 1.82) is 0 Å². The summed E-state index contributed by atoms with van der Waals surface area (Å²) in [6, 6.07) is 15.5. The van der Waals surface area contributed by atoms with Gasteiger partial charge in [-0.05, 0) is 16.7 Å². The number of rotatable bonds is 7. The van der Waals surface area contributed by atoms with Crippen LogP contribution in [0.15, 0.2) is 48.5 Å². The van der Waals surface area contributed by atoms with Crippen molar-refractivity contribution in [2.24, 2.45) is 0 Å². The molecule has 0 fully saturated rings. The van der Waals surface area contributed by atoms with E-state index in [1.54, 1.807) is 12.1 Å². The van der Waals surface area contributed by atoms with E-state index in [9.17, 15) is 9.59 Å². The van der Waals surface area contributed by atoms with Crippen LogP contribution >= 0.6 is 24.2 Å². The van der Waals surface area contributed by atoms with Gasteiger partial charge in [-0.15, -0.1) is 24.2 Å². The number of hydrogen-bond donors (Lipinski definition) is 2. The molecule has 0 unspecified atom stereocenters. The van der Waals surface area contributed by atoms with E-state index in [0.29, 0.717) is 23.6 Å². The van der Waals surface area contributed by atoms with Crippen LogP contribution in [0.3, 0.4) is 0 Å². The van der Waals surface area contributed by atoms with Crippen molar-refractivity contribution in [2.45, 2.75) is 19.6 Å². The zero-order valence-corrected chi connectivity index (χ0v) is 15.4. The molecule has 0 spiro atoms. The van der Waals surface area contributed by atoms with Gasteiger partial charge < -0.3 is 10.6 Å². The van der Waals surface area contributed by atoms with Crippen LogP contribution in [0.5, 0.6) is 0 Å². The van der Waals surface area contributed by atoms with Crippen molar-refractivity contribution in [1.82, 2.24) is 10.6 Å². The Labute approximate surface area is 158 Å². The summed E-state index contributed by atoms with van der Waals surface area (Å²) in [5, 5.41) is 6.22. The van der Waals surface area contributed by atoms with Crippen LogP contribution in [0.4, 0.5) is 0 Å². The lowest BCUT2D eigenvalue weighted by atomic mass is 10.1. The molecule has 0 atom stereocenters. The van der Waals surface area contributed by atoms with Crippen LogP contribution in [0.2, 0.25) is 0 Å². The van der Waals surface area contributed by atoms with Gasteiger partial charge in [-0.2, -0.15) is 0 Å². The van der Waals surface area contributed by atoms with Gasteiger partial charge in [0, 0.05) is 25.2 Å². The molecule has 1 aliphatic heterocycles. The lowest BCUT2D eigenvalue weighted by molar-refractivity contribution is -0.118. The summed E-state index contributed by atoms with van der Waals surface area (Å²) >= 11 is 1.35. The molecule has 0 bridgehead atoms. The number of hydrogen-bond acceptors (Lipinski definition) is 4. The molecule has 0 radical (unpaired) electrons. The quantitative estimate of drug-likeness (QED) is 0.729. The van der Waals surface area contributed by atoms with Gasteiger partial charge in [-0.1, -0.05) is 48.5 Å². The lowest BCUT2D eigenvalue weighted by Gasteiger charge is -2.07. The predicted molar refractivity (Wildman–Crippen MR) is 104 cm³/mol. The highest BCUT2D eigenvalue weighted by atomic mass is 35.5. The molecule has 132 valence electrons. The number of carbonyl (C=O) groups is 2. The Bertz CT molecular complexity index is 737. The monoisotopic (exact) mass is 376 g/mol. The third-order valence-corrected chi connectivity index (χ3v) is 4.89. The van der Waals surface area contributed by atoms with E-state index in [1.165, 1.54) is 22.9 Å². The maximum absolute atomic E-state index is 12.0. The van der Waals surface area contributed by atoms with Crippen LogP contribution in [-0.4, -0.2) is 23.2 Å². The van der Waals surface area contributed by atoms with Crippen molar-refractivity contribution < 1.29 is 9.59 Å². The Morgan fingerprint density at radius 3 is 2.56 bits per heavy atom. The first kappa shape index (κ1) is 19.5. The smallest absolute Gasteiger partial charge is 0.230 e. The summed E-state index contributed by atoms with van der Waals surface area (Å²) in [6.45, 7) is 2.35. The third-order valence-electron chi connectivity index (χ3n) is 3.95. The first-order chi connectivity index (χ1) is 11.7. The van der Waals surface area contributed by atoms with Crippen molar-refractivity contribution in [3.8, 4) is 0 Å². The average Bonchev–Trinajstić information content (AvgIpc) is 3.08. The number of fused-ring (bicyclic) bond motifs is 1. The van der Waals surface area contributed by atoms with E-state index in [2.05, 4.69) is 28.8 Å². The molecular weight excluding hydrogens is 356 g/mol. The van der Waals surface area contributed by atoms with Crippen molar-refractivity contribution in [3.63, 3.8) is 0 Å². The highest BCUT2D eigenvalue weighted by molar-refractivity contribution is 8.00. The Hall–Kier alpha value is -1.82. The number of benzene rings is 2. The number of nitrogens with one attached hydrogen (secondary N) is 2.